The van der Waals surface area contributed by atoms with Crippen LogP contribution in [-0.2, 0) is 6.54 Å². The molecule has 90 valence electrons. The van der Waals surface area contributed by atoms with Crippen molar-refractivity contribution >= 4 is 22.8 Å². The number of rotatable bonds is 2. The zero-order valence-electron chi connectivity index (χ0n) is 9.35. The van der Waals surface area contributed by atoms with Gasteiger partial charge in [0.2, 0.25) is 0 Å². The van der Waals surface area contributed by atoms with Gasteiger partial charge in [-0.1, -0.05) is 23.7 Å². The van der Waals surface area contributed by atoms with Crippen molar-refractivity contribution in [3.63, 3.8) is 0 Å². The molecule has 0 aliphatic carbocycles. The molecule has 0 atom stereocenters. The number of hydrogen-bond donors (Lipinski definition) is 0. The van der Waals surface area contributed by atoms with Crippen LogP contribution in [0.25, 0.3) is 11.2 Å². The SMILES string of the molecule is Fc1ccc(Cn2cnc3ccc(Cl)nc32)cc1. The Labute approximate surface area is 108 Å². The number of fused-ring (bicyclic) bond motifs is 1. The number of aromatic nitrogens is 3. The van der Waals surface area contributed by atoms with E-state index in [1.54, 1.807) is 24.5 Å². The van der Waals surface area contributed by atoms with Crippen LogP contribution in [0.1, 0.15) is 5.56 Å². The molecule has 0 aliphatic rings. The summed E-state index contributed by atoms with van der Waals surface area (Å²) in [6.45, 7) is 0.587. The van der Waals surface area contributed by atoms with Gasteiger partial charge in [-0.3, -0.25) is 0 Å². The topological polar surface area (TPSA) is 30.7 Å². The smallest absolute Gasteiger partial charge is 0.161 e. The molecule has 2 aromatic heterocycles. The van der Waals surface area contributed by atoms with Crippen LogP contribution in [0, 0.1) is 5.82 Å². The molecule has 0 bridgehead atoms. The maximum atomic E-state index is 12.8. The van der Waals surface area contributed by atoms with E-state index in [4.69, 9.17) is 11.6 Å². The number of benzene rings is 1. The molecule has 0 saturated carbocycles. The van der Waals surface area contributed by atoms with Gasteiger partial charge in [0.15, 0.2) is 5.65 Å². The lowest BCUT2D eigenvalue weighted by atomic mass is 10.2. The Morgan fingerprint density at radius 3 is 2.67 bits per heavy atom. The second-order valence-electron chi connectivity index (χ2n) is 3.98. The highest BCUT2D eigenvalue weighted by molar-refractivity contribution is 6.29. The predicted octanol–water partition coefficient (Wildman–Crippen LogP) is 3.27. The summed E-state index contributed by atoms with van der Waals surface area (Å²) in [7, 11) is 0. The number of imidazole rings is 1. The summed E-state index contributed by atoms with van der Waals surface area (Å²) in [5.74, 6) is -0.240. The molecule has 3 aromatic rings. The third-order valence-electron chi connectivity index (χ3n) is 2.69. The molecule has 0 unspecified atom stereocenters. The zero-order chi connectivity index (χ0) is 12.5. The normalized spacial score (nSPS) is 11.0. The predicted molar refractivity (Wildman–Crippen MR) is 68.0 cm³/mol. The van der Waals surface area contributed by atoms with Crippen molar-refractivity contribution in [2.24, 2.45) is 0 Å². The molecule has 0 radical (unpaired) electrons. The molecule has 3 nitrogen and oxygen atoms in total. The molecule has 2 heterocycles. The first-order chi connectivity index (χ1) is 8.72. The van der Waals surface area contributed by atoms with Crippen molar-refractivity contribution in [2.75, 3.05) is 0 Å². The van der Waals surface area contributed by atoms with E-state index in [1.807, 2.05) is 10.6 Å². The zero-order valence-corrected chi connectivity index (χ0v) is 10.1. The lowest BCUT2D eigenvalue weighted by Gasteiger charge is -2.03. The average molecular weight is 262 g/mol. The third-order valence-corrected chi connectivity index (χ3v) is 2.91. The van der Waals surface area contributed by atoms with Crippen LogP contribution >= 0.6 is 11.6 Å². The Morgan fingerprint density at radius 2 is 1.89 bits per heavy atom. The van der Waals surface area contributed by atoms with Gasteiger partial charge in [0.1, 0.15) is 16.5 Å². The van der Waals surface area contributed by atoms with Crippen molar-refractivity contribution in [1.82, 2.24) is 14.5 Å². The maximum absolute atomic E-state index is 12.8. The van der Waals surface area contributed by atoms with Crippen molar-refractivity contribution < 1.29 is 4.39 Å². The van der Waals surface area contributed by atoms with E-state index in [-0.39, 0.29) is 5.82 Å². The lowest BCUT2D eigenvalue weighted by molar-refractivity contribution is 0.626. The highest BCUT2D eigenvalue weighted by atomic mass is 35.5. The summed E-state index contributed by atoms with van der Waals surface area (Å²) in [5.41, 5.74) is 2.51. The van der Waals surface area contributed by atoms with Gasteiger partial charge in [-0.25, -0.2) is 14.4 Å². The molecule has 5 heteroatoms. The summed E-state index contributed by atoms with van der Waals surface area (Å²) < 4.78 is 14.7. The van der Waals surface area contributed by atoms with E-state index in [2.05, 4.69) is 9.97 Å². The molecule has 3 rings (SSSR count). The van der Waals surface area contributed by atoms with E-state index in [1.165, 1.54) is 12.1 Å². The quantitative estimate of drug-likeness (QED) is 0.663. The number of halogens is 2. The largest absolute Gasteiger partial charge is 0.311 e. The van der Waals surface area contributed by atoms with Gasteiger partial charge >= 0.3 is 0 Å². The van der Waals surface area contributed by atoms with Crippen LogP contribution in [0.3, 0.4) is 0 Å². The lowest BCUT2D eigenvalue weighted by Crippen LogP contribution is -1.99. The van der Waals surface area contributed by atoms with Crippen LogP contribution in [0.4, 0.5) is 4.39 Å². The highest BCUT2D eigenvalue weighted by Crippen LogP contribution is 2.15. The molecule has 0 fully saturated rings. The average Bonchev–Trinajstić information content (AvgIpc) is 2.75. The van der Waals surface area contributed by atoms with Crippen LogP contribution in [-0.4, -0.2) is 14.5 Å². The summed E-state index contributed by atoms with van der Waals surface area (Å²) in [6, 6.07) is 9.89. The minimum Gasteiger partial charge on any atom is -0.311 e. The van der Waals surface area contributed by atoms with Crippen LogP contribution < -0.4 is 0 Å². The van der Waals surface area contributed by atoms with Crippen molar-refractivity contribution in [1.29, 1.82) is 0 Å². The van der Waals surface area contributed by atoms with Crippen molar-refractivity contribution in [3.8, 4) is 0 Å². The van der Waals surface area contributed by atoms with Gasteiger partial charge in [-0.15, -0.1) is 0 Å². The van der Waals surface area contributed by atoms with Gasteiger partial charge in [0.05, 0.1) is 12.9 Å². The van der Waals surface area contributed by atoms with Crippen LogP contribution in [0.15, 0.2) is 42.7 Å². The molecule has 0 spiro atoms. The molecule has 0 amide bonds. The fourth-order valence-corrected chi connectivity index (χ4v) is 1.96. The fraction of sp³-hybridized carbons (Fsp3) is 0.0769. The van der Waals surface area contributed by atoms with Crippen molar-refractivity contribution in [3.05, 3.63) is 59.3 Å². The van der Waals surface area contributed by atoms with Gasteiger partial charge in [0.25, 0.3) is 0 Å². The maximum Gasteiger partial charge on any atom is 0.161 e. The van der Waals surface area contributed by atoms with E-state index in [9.17, 15) is 4.39 Å². The molecule has 0 N–H and O–H groups in total. The second-order valence-corrected chi connectivity index (χ2v) is 4.36. The highest BCUT2D eigenvalue weighted by Gasteiger charge is 2.05. The van der Waals surface area contributed by atoms with Crippen LogP contribution in [0.5, 0.6) is 0 Å². The second kappa shape index (κ2) is 4.38. The molecular formula is C13H9ClFN3. The standard InChI is InChI=1S/C13H9ClFN3/c14-12-6-5-11-13(17-12)18(8-16-11)7-9-1-3-10(15)4-2-9/h1-6,8H,7H2. The first-order valence-electron chi connectivity index (χ1n) is 5.44. The Balaban J connectivity index is 1.99. The molecule has 0 aliphatic heterocycles. The Morgan fingerprint density at radius 1 is 1.11 bits per heavy atom. The summed E-state index contributed by atoms with van der Waals surface area (Å²) in [5, 5.41) is 0.434. The van der Waals surface area contributed by atoms with E-state index in [0.29, 0.717) is 11.7 Å². The minimum atomic E-state index is -0.240. The first kappa shape index (κ1) is 11.2. The number of nitrogens with zero attached hydrogens (tertiary/aromatic N) is 3. The molecular weight excluding hydrogens is 253 g/mol. The summed E-state index contributed by atoms with van der Waals surface area (Å²) in [4.78, 5) is 8.48. The molecule has 1 aromatic carbocycles. The van der Waals surface area contributed by atoms with E-state index >= 15 is 0 Å². The van der Waals surface area contributed by atoms with Crippen LogP contribution in [0.2, 0.25) is 5.15 Å². The van der Waals surface area contributed by atoms with Crippen molar-refractivity contribution in [2.45, 2.75) is 6.54 Å². The van der Waals surface area contributed by atoms with Gasteiger partial charge in [0, 0.05) is 0 Å². The van der Waals surface area contributed by atoms with Gasteiger partial charge < -0.3 is 4.57 Å². The Bertz CT molecular complexity index is 691. The Hall–Kier alpha value is -1.94. The van der Waals surface area contributed by atoms with E-state index in [0.717, 1.165) is 16.7 Å². The third kappa shape index (κ3) is 2.07. The van der Waals surface area contributed by atoms with Gasteiger partial charge in [-0.05, 0) is 29.8 Å². The summed E-state index contributed by atoms with van der Waals surface area (Å²) in [6.07, 6.45) is 1.71. The molecule has 0 saturated heterocycles. The minimum absolute atomic E-state index is 0.240. The fourth-order valence-electron chi connectivity index (χ4n) is 1.82. The molecule has 18 heavy (non-hydrogen) atoms. The van der Waals surface area contributed by atoms with Gasteiger partial charge in [-0.2, -0.15) is 0 Å². The van der Waals surface area contributed by atoms with E-state index < -0.39 is 0 Å². The Kier molecular flexibility index (Phi) is 2.72. The number of pyridine rings is 1. The monoisotopic (exact) mass is 261 g/mol. The number of hydrogen-bond acceptors (Lipinski definition) is 2. The summed E-state index contributed by atoms with van der Waals surface area (Å²) >= 11 is 5.87. The first-order valence-corrected chi connectivity index (χ1v) is 5.82.